The van der Waals surface area contributed by atoms with Crippen molar-refractivity contribution in [2.24, 2.45) is 5.92 Å². The standard InChI is InChI=1S/C13H22N2O2/c1-10(2)8-12(16)9-14-13(17)11(3)15-6-4-5-7-15/h4-7,10-12,16H,8-9H2,1-3H3,(H,14,17). The third kappa shape index (κ3) is 4.61. The molecule has 1 aromatic rings. The van der Waals surface area contributed by atoms with Gasteiger partial charge in [-0.3, -0.25) is 4.79 Å². The van der Waals surface area contributed by atoms with Crippen LogP contribution < -0.4 is 5.32 Å². The molecule has 1 heterocycles. The highest BCUT2D eigenvalue weighted by atomic mass is 16.3. The van der Waals surface area contributed by atoms with E-state index in [0.717, 1.165) is 0 Å². The van der Waals surface area contributed by atoms with Gasteiger partial charge in [0.05, 0.1) is 6.10 Å². The van der Waals surface area contributed by atoms with Gasteiger partial charge in [-0.05, 0) is 31.4 Å². The molecule has 0 aliphatic heterocycles. The van der Waals surface area contributed by atoms with Gasteiger partial charge >= 0.3 is 0 Å². The molecule has 0 saturated heterocycles. The van der Waals surface area contributed by atoms with Crippen LogP contribution in [0.4, 0.5) is 0 Å². The Labute approximate surface area is 103 Å². The van der Waals surface area contributed by atoms with E-state index < -0.39 is 6.10 Å². The highest BCUT2D eigenvalue weighted by Crippen LogP contribution is 2.07. The number of carbonyl (C=O) groups excluding carboxylic acids is 1. The van der Waals surface area contributed by atoms with Gasteiger partial charge < -0.3 is 15.0 Å². The molecule has 4 heteroatoms. The van der Waals surface area contributed by atoms with Gasteiger partial charge in [-0.2, -0.15) is 0 Å². The monoisotopic (exact) mass is 238 g/mol. The van der Waals surface area contributed by atoms with Crippen LogP contribution in [0, 0.1) is 5.92 Å². The first-order valence-electron chi connectivity index (χ1n) is 6.09. The summed E-state index contributed by atoms with van der Waals surface area (Å²) in [6.45, 7) is 6.26. The number of aliphatic hydroxyl groups is 1. The average Bonchev–Trinajstić information content (AvgIpc) is 2.77. The van der Waals surface area contributed by atoms with Crippen molar-refractivity contribution in [2.45, 2.75) is 39.3 Å². The van der Waals surface area contributed by atoms with Crippen LogP contribution >= 0.6 is 0 Å². The highest BCUT2D eigenvalue weighted by Gasteiger charge is 2.15. The van der Waals surface area contributed by atoms with Gasteiger partial charge in [-0.15, -0.1) is 0 Å². The van der Waals surface area contributed by atoms with E-state index in [4.69, 9.17) is 0 Å². The number of rotatable bonds is 6. The molecular formula is C13H22N2O2. The van der Waals surface area contributed by atoms with Crippen molar-refractivity contribution in [1.82, 2.24) is 9.88 Å². The van der Waals surface area contributed by atoms with Crippen LogP contribution in [0.3, 0.4) is 0 Å². The van der Waals surface area contributed by atoms with Crippen LogP contribution in [0.15, 0.2) is 24.5 Å². The fraction of sp³-hybridized carbons (Fsp3) is 0.615. The van der Waals surface area contributed by atoms with E-state index in [1.54, 1.807) is 0 Å². The predicted octanol–water partition coefficient (Wildman–Crippen LogP) is 1.57. The highest BCUT2D eigenvalue weighted by molar-refractivity contribution is 5.79. The van der Waals surface area contributed by atoms with Crippen molar-refractivity contribution in [3.8, 4) is 0 Å². The van der Waals surface area contributed by atoms with Crippen LogP contribution in [-0.2, 0) is 4.79 Å². The summed E-state index contributed by atoms with van der Waals surface area (Å²) in [6, 6.07) is 3.53. The Morgan fingerprint density at radius 1 is 1.29 bits per heavy atom. The summed E-state index contributed by atoms with van der Waals surface area (Å²) >= 11 is 0. The zero-order valence-electron chi connectivity index (χ0n) is 10.8. The van der Waals surface area contributed by atoms with Gasteiger partial charge in [0.2, 0.25) is 5.91 Å². The summed E-state index contributed by atoms with van der Waals surface area (Å²) in [7, 11) is 0. The van der Waals surface area contributed by atoms with Crippen molar-refractivity contribution >= 4 is 5.91 Å². The average molecular weight is 238 g/mol. The Morgan fingerprint density at radius 3 is 2.41 bits per heavy atom. The summed E-state index contributed by atoms with van der Waals surface area (Å²) in [4.78, 5) is 11.8. The number of carbonyl (C=O) groups is 1. The number of nitrogens with one attached hydrogen (secondary N) is 1. The molecule has 0 aliphatic carbocycles. The lowest BCUT2D eigenvalue weighted by molar-refractivity contribution is -0.124. The van der Waals surface area contributed by atoms with Gasteiger partial charge in [0.1, 0.15) is 6.04 Å². The molecular weight excluding hydrogens is 216 g/mol. The Morgan fingerprint density at radius 2 is 1.88 bits per heavy atom. The van der Waals surface area contributed by atoms with E-state index in [1.165, 1.54) is 0 Å². The van der Waals surface area contributed by atoms with Gasteiger partial charge in [0, 0.05) is 18.9 Å². The van der Waals surface area contributed by atoms with Crippen molar-refractivity contribution in [2.75, 3.05) is 6.54 Å². The molecule has 1 aromatic heterocycles. The molecule has 1 amide bonds. The lowest BCUT2D eigenvalue weighted by atomic mass is 10.1. The number of hydrogen-bond donors (Lipinski definition) is 2. The van der Waals surface area contributed by atoms with Crippen LogP contribution in [0.5, 0.6) is 0 Å². The Kier molecular flexibility index (Phi) is 5.22. The van der Waals surface area contributed by atoms with Crippen molar-refractivity contribution in [3.63, 3.8) is 0 Å². The molecule has 17 heavy (non-hydrogen) atoms. The molecule has 0 radical (unpaired) electrons. The molecule has 0 spiro atoms. The number of nitrogens with zero attached hydrogens (tertiary/aromatic N) is 1. The molecule has 2 atom stereocenters. The SMILES string of the molecule is CC(C)CC(O)CNC(=O)C(C)n1cccc1. The smallest absolute Gasteiger partial charge is 0.242 e. The maximum Gasteiger partial charge on any atom is 0.242 e. The largest absolute Gasteiger partial charge is 0.391 e. The number of hydrogen-bond acceptors (Lipinski definition) is 2. The van der Waals surface area contributed by atoms with E-state index in [9.17, 15) is 9.90 Å². The van der Waals surface area contributed by atoms with Crippen molar-refractivity contribution < 1.29 is 9.90 Å². The maximum absolute atomic E-state index is 11.8. The summed E-state index contributed by atoms with van der Waals surface area (Å²) in [5.74, 6) is 0.368. The van der Waals surface area contributed by atoms with Crippen molar-refractivity contribution in [1.29, 1.82) is 0 Å². The number of amides is 1. The summed E-state index contributed by atoms with van der Waals surface area (Å²) in [6.07, 6.45) is 3.96. The minimum atomic E-state index is -0.462. The number of aliphatic hydroxyl groups excluding tert-OH is 1. The van der Waals surface area contributed by atoms with Gasteiger partial charge in [-0.1, -0.05) is 13.8 Å². The fourth-order valence-corrected chi connectivity index (χ4v) is 1.74. The van der Waals surface area contributed by atoms with E-state index in [1.807, 2.05) is 49.9 Å². The molecule has 4 nitrogen and oxygen atoms in total. The minimum absolute atomic E-state index is 0.0657. The van der Waals surface area contributed by atoms with Crippen LogP contribution in [0.2, 0.25) is 0 Å². The second kappa shape index (κ2) is 6.45. The molecule has 0 bridgehead atoms. The summed E-state index contributed by atoms with van der Waals surface area (Å²) < 4.78 is 1.84. The molecule has 0 saturated carbocycles. The lowest BCUT2D eigenvalue weighted by Crippen LogP contribution is -2.36. The first-order chi connectivity index (χ1) is 8.00. The summed E-state index contributed by atoms with van der Waals surface area (Å²) in [5, 5.41) is 12.4. The first-order valence-corrected chi connectivity index (χ1v) is 6.09. The third-order valence-electron chi connectivity index (χ3n) is 2.71. The van der Waals surface area contributed by atoms with Gasteiger partial charge in [0.25, 0.3) is 0 Å². The molecule has 0 aliphatic rings. The Hall–Kier alpha value is -1.29. The van der Waals surface area contributed by atoms with Crippen molar-refractivity contribution in [3.05, 3.63) is 24.5 Å². The summed E-state index contributed by atoms with van der Waals surface area (Å²) in [5.41, 5.74) is 0. The third-order valence-corrected chi connectivity index (χ3v) is 2.71. The van der Waals surface area contributed by atoms with Gasteiger partial charge in [0.15, 0.2) is 0 Å². The minimum Gasteiger partial charge on any atom is -0.391 e. The molecule has 2 N–H and O–H groups in total. The first kappa shape index (κ1) is 13.8. The molecule has 0 aromatic carbocycles. The Bertz CT molecular complexity index is 333. The van der Waals surface area contributed by atoms with Crippen LogP contribution in [0.1, 0.15) is 33.2 Å². The lowest BCUT2D eigenvalue weighted by Gasteiger charge is -2.17. The quantitative estimate of drug-likeness (QED) is 0.790. The fourth-order valence-electron chi connectivity index (χ4n) is 1.74. The van der Waals surface area contributed by atoms with Crippen LogP contribution in [0.25, 0.3) is 0 Å². The zero-order chi connectivity index (χ0) is 12.8. The molecule has 96 valence electrons. The normalized spacial score (nSPS) is 14.6. The number of aromatic nitrogens is 1. The van der Waals surface area contributed by atoms with Crippen LogP contribution in [-0.4, -0.2) is 28.2 Å². The maximum atomic E-state index is 11.8. The van der Waals surface area contributed by atoms with E-state index >= 15 is 0 Å². The predicted molar refractivity (Wildman–Crippen MR) is 67.6 cm³/mol. The molecule has 1 rings (SSSR count). The van der Waals surface area contributed by atoms with E-state index in [0.29, 0.717) is 18.9 Å². The topological polar surface area (TPSA) is 54.3 Å². The molecule has 0 fully saturated rings. The Balaban J connectivity index is 2.34. The second-order valence-electron chi connectivity index (χ2n) is 4.83. The van der Waals surface area contributed by atoms with Gasteiger partial charge in [-0.25, -0.2) is 0 Å². The van der Waals surface area contributed by atoms with E-state index in [-0.39, 0.29) is 11.9 Å². The van der Waals surface area contributed by atoms with E-state index in [2.05, 4.69) is 5.32 Å². The zero-order valence-corrected chi connectivity index (χ0v) is 10.8. The molecule has 2 unspecified atom stereocenters. The second-order valence-corrected chi connectivity index (χ2v) is 4.83.